The van der Waals surface area contributed by atoms with Crippen molar-refractivity contribution >= 4 is 23.7 Å². The third-order valence-electron chi connectivity index (χ3n) is 7.09. The first-order valence-corrected chi connectivity index (χ1v) is 12.4. The van der Waals surface area contributed by atoms with Gasteiger partial charge in [-0.3, -0.25) is 4.79 Å². The van der Waals surface area contributed by atoms with Gasteiger partial charge in [0.2, 0.25) is 5.90 Å². The van der Waals surface area contributed by atoms with Crippen molar-refractivity contribution in [2.75, 3.05) is 0 Å². The van der Waals surface area contributed by atoms with Crippen LogP contribution < -0.4 is 5.32 Å². The smallest absolute Gasteiger partial charge is 0.340 e. The summed E-state index contributed by atoms with van der Waals surface area (Å²) in [6.45, 7) is 0. The average Bonchev–Trinajstić information content (AvgIpc) is 3.21. The van der Waals surface area contributed by atoms with Crippen molar-refractivity contribution < 1.29 is 24.2 Å². The number of amides is 1. The van der Waals surface area contributed by atoms with Crippen LogP contribution in [0.4, 0.5) is 0 Å². The Hall–Kier alpha value is -3.48. The highest BCUT2D eigenvalue weighted by molar-refractivity contribution is 6.08. The van der Waals surface area contributed by atoms with Gasteiger partial charge in [0.1, 0.15) is 5.54 Å². The molecule has 35 heavy (non-hydrogen) atoms. The lowest BCUT2D eigenvalue weighted by molar-refractivity contribution is -0.146. The van der Waals surface area contributed by atoms with Crippen molar-refractivity contribution in [2.24, 2.45) is 4.99 Å². The highest BCUT2D eigenvalue weighted by Crippen LogP contribution is 2.37. The number of benzene rings is 2. The van der Waals surface area contributed by atoms with Gasteiger partial charge in [-0.2, -0.15) is 0 Å². The molecule has 1 amide bonds. The average molecular weight is 477 g/mol. The minimum absolute atomic E-state index is 0.156. The van der Waals surface area contributed by atoms with Crippen LogP contribution in [0.25, 0.3) is 0 Å². The summed E-state index contributed by atoms with van der Waals surface area (Å²) in [6, 6.07) is 18.4. The topological polar surface area (TPSA) is 105 Å². The van der Waals surface area contributed by atoms with E-state index in [-0.39, 0.29) is 11.9 Å². The molecule has 0 unspecified atom stereocenters. The number of nitrogens with zero attached hydrogens (tertiary/aromatic N) is 1. The van der Waals surface area contributed by atoms with Gasteiger partial charge in [0, 0.05) is 11.1 Å². The first kappa shape index (κ1) is 24.6. The van der Waals surface area contributed by atoms with Crippen LogP contribution in [0.15, 0.2) is 65.7 Å². The molecular formula is C28H32N2O5. The standard InChI is InChI=1S/C14H17NO3.C14H15NO2/c16-12(11-7-3-1-4-8-11)15-14(13(17)18)9-5-2-6-10-14;16-13-14(9-5-2-6-10-14)15-12(17-13)11-7-3-1-4-8-11/h1,3-4,7-8H,2,5-6,9-10H2,(H,15,16)(H,17,18);1,3-4,7-8H,2,5-6,9-10H2. The van der Waals surface area contributed by atoms with Crippen molar-refractivity contribution in [3.8, 4) is 0 Å². The maximum absolute atomic E-state index is 12.0. The van der Waals surface area contributed by atoms with Crippen LogP contribution >= 0.6 is 0 Å². The van der Waals surface area contributed by atoms with Crippen LogP contribution in [0.3, 0.4) is 0 Å². The summed E-state index contributed by atoms with van der Waals surface area (Å²) >= 11 is 0. The van der Waals surface area contributed by atoms with Crippen molar-refractivity contribution in [3.63, 3.8) is 0 Å². The van der Waals surface area contributed by atoms with Gasteiger partial charge in [-0.1, -0.05) is 74.9 Å². The van der Waals surface area contributed by atoms with Gasteiger partial charge in [-0.25, -0.2) is 14.6 Å². The van der Waals surface area contributed by atoms with E-state index in [0.717, 1.165) is 50.5 Å². The molecule has 2 aromatic carbocycles. The van der Waals surface area contributed by atoms with Crippen molar-refractivity contribution in [3.05, 3.63) is 71.8 Å². The van der Waals surface area contributed by atoms with E-state index < -0.39 is 17.0 Å². The number of hydrogen-bond acceptors (Lipinski definition) is 5. The minimum atomic E-state index is -1.08. The van der Waals surface area contributed by atoms with E-state index in [2.05, 4.69) is 10.3 Å². The number of carboxylic acids is 1. The lowest BCUT2D eigenvalue weighted by Gasteiger charge is -2.33. The van der Waals surface area contributed by atoms with E-state index in [4.69, 9.17) is 4.74 Å². The molecule has 0 radical (unpaired) electrons. The number of carbonyl (C=O) groups excluding carboxylic acids is 2. The molecule has 0 atom stereocenters. The van der Waals surface area contributed by atoms with Crippen molar-refractivity contribution in [1.29, 1.82) is 0 Å². The van der Waals surface area contributed by atoms with Gasteiger partial charge in [0.25, 0.3) is 5.91 Å². The Bertz CT molecular complexity index is 1070. The Morgan fingerprint density at radius 1 is 0.800 bits per heavy atom. The van der Waals surface area contributed by atoms with E-state index in [1.807, 2.05) is 36.4 Å². The summed E-state index contributed by atoms with van der Waals surface area (Å²) in [6.07, 6.45) is 8.78. The zero-order valence-corrected chi connectivity index (χ0v) is 19.9. The summed E-state index contributed by atoms with van der Waals surface area (Å²) in [7, 11) is 0. The largest absolute Gasteiger partial charge is 0.480 e. The zero-order valence-electron chi connectivity index (χ0n) is 19.9. The molecule has 0 saturated heterocycles. The van der Waals surface area contributed by atoms with E-state index in [1.165, 1.54) is 6.42 Å². The molecule has 0 aromatic heterocycles. The number of rotatable bonds is 4. The van der Waals surface area contributed by atoms with Crippen molar-refractivity contribution in [2.45, 2.75) is 75.3 Å². The molecule has 7 nitrogen and oxygen atoms in total. The number of ether oxygens (including phenoxy) is 1. The summed E-state index contributed by atoms with van der Waals surface area (Å²) in [5.41, 5.74) is -0.249. The van der Waals surface area contributed by atoms with Crippen LogP contribution in [-0.4, -0.2) is 39.9 Å². The maximum Gasteiger partial charge on any atom is 0.340 e. The summed E-state index contributed by atoms with van der Waals surface area (Å²) in [4.78, 5) is 40.0. The first-order chi connectivity index (χ1) is 16.9. The van der Waals surface area contributed by atoms with Gasteiger partial charge >= 0.3 is 11.9 Å². The van der Waals surface area contributed by atoms with E-state index in [9.17, 15) is 19.5 Å². The van der Waals surface area contributed by atoms with Gasteiger partial charge in [-0.15, -0.1) is 0 Å². The Kier molecular flexibility index (Phi) is 7.63. The first-order valence-electron chi connectivity index (χ1n) is 12.4. The molecule has 1 spiro atoms. The number of carboxylic acid groups (broad SMARTS) is 1. The second-order valence-corrected chi connectivity index (χ2v) is 9.53. The fourth-order valence-electron chi connectivity index (χ4n) is 5.03. The molecule has 0 bridgehead atoms. The quantitative estimate of drug-likeness (QED) is 0.611. The van der Waals surface area contributed by atoms with Crippen LogP contribution in [0.2, 0.25) is 0 Å². The molecule has 1 aliphatic heterocycles. The Morgan fingerprint density at radius 2 is 1.34 bits per heavy atom. The number of hydrogen-bond donors (Lipinski definition) is 2. The number of aliphatic carboxylic acids is 1. The van der Waals surface area contributed by atoms with Gasteiger partial charge in [0.15, 0.2) is 5.54 Å². The van der Waals surface area contributed by atoms with Gasteiger partial charge < -0.3 is 15.2 Å². The van der Waals surface area contributed by atoms with Crippen molar-refractivity contribution in [1.82, 2.24) is 5.32 Å². The fourth-order valence-corrected chi connectivity index (χ4v) is 5.03. The van der Waals surface area contributed by atoms with E-state index >= 15 is 0 Å². The van der Waals surface area contributed by atoms with Gasteiger partial charge in [0.05, 0.1) is 0 Å². The third-order valence-corrected chi connectivity index (χ3v) is 7.09. The normalized spacial score (nSPS) is 20.1. The summed E-state index contributed by atoms with van der Waals surface area (Å²) in [5.74, 6) is -0.889. The molecule has 1 heterocycles. The zero-order chi connectivity index (χ0) is 24.7. The van der Waals surface area contributed by atoms with Gasteiger partial charge in [-0.05, 0) is 49.9 Å². The van der Waals surface area contributed by atoms with Crippen LogP contribution in [0.1, 0.15) is 80.1 Å². The molecule has 2 aliphatic carbocycles. The summed E-state index contributed by atoms with van der Waals surface area (Å²) in [5, 5.41) is 12.1. The molecule has 2 aromatic rings. The molecule has 2 fully saturated rings. The van der Waals surface area contributed by atoms with Crippen LogP contribution in [0.5, 0.6) is 0 Å². The Labute approximate surface area is 205 Å². The number of carbonyl (C=O) groups is 3. The third kappa shape index (κ3) is 5.61. The monoisotopic (exact) mass is 476 g/mol. The fraction of sp³-hybridized carbons (Fsp3) is 0.429. The maximum atomic E-state index is 12.0. The highest BCUT2D eigenvalue weighted by Gasteiger charge is 2.46. The molecule has 2 N–H and O–H groups in total. The number of esters is 1. The molecular weight excluding hydrogens is 444 g/mol. The molecule has 3 aliphatic rings. The second-order valence-electron chi connectivity index (χ2n) is 9.53. The predicted molar refractivity (Wildman–Crippen MR) is 132 cm³/mol. The highest BCUT2D eigenvalue weighted by atomic mass is 16.6. The molecule has 7 heteroatoms. The summed E-state index contributed by atoms with van der Waals surface area (Å²) < 4.78 is 5.35. The molecule has 5 rings (SSSR count). The SMILES string of the molecule is O=C(NC1(C(=O)O)CCCCC1)c1ccccc1.O=C1OC(c2ccccc2)=NC12CCCCC2. The number of aliphatic imine (C=N–C) groups is 1. The minimum Gasteiger partial charge on any atom is -0.480 e. The second kappa shape index (κ2) is 10.8. The van der Waals surface area contributed by atoms with Crippen LogP contribution in [0, 0.1) is 0 Å². The lowest BCUT2D eigenvalue weighted by Crippen LogP contribution is -2.55. The Balaban J connectivity index is 0.000000165. The molecule has 184 valence electrons. The van der Waals surface area contributed by atoms with Crippen LogP contribution in [-0.2, 0) is 14.3 Å². The predicted octanol–water partition coefficient (Wildman–Crippen LogP) is 4.90. The molecule has 2 saturated carbocycles. The van der Waals surface area contributed by atoms with E-state index in [0.29, 0.717) is 24.3 Å². The lowest BCUT2D eigenvalue weighted by atomic mass is 9.81. The number of nitrogens with one attached hydrogen (secondary N) is 1. The number of cyclic esters (lactones) is 1. The van der Waals surface area contributed by atoms with E-state index in [1.54, 1.807) is 24.3 Å². The Morgan fingerprint density at radius 3 is 1.91 bits per heavy atom.